The zero-order valence-electron chi connectivity index (χ0n) is 9.94. The van der Waals surface area contributed by atoms with Gasteiger partial charge in [-0.15, -0.1) is 0 Å². The van der Waals surface area contributed by atoms with Gasteiger partial charge in [0, 0.05) is 7.11 Å². The maximum Gasteiger partial charge on any atom is 0.253 e. The van der Waals surface area contributed by atoms with Gasteiger partial charge in [0.05, 0.1) is 13.2 Å². The predicted molar refractivity (Wildman–Crippen MR) is 64.6 cm³/mol. The molecule has 1 aliphatic rings. The molecule has 1 aromatic rings. The molecule has 1 unspecified atom stereocenters. The molecule has 1 aliphatic heterocycles. The number of halogens is 1. The summed E-state index contributed by atoms with van der Waals surface area (Å²) in [6, 6.07) is 5.27. The molecule has 1 aromatic carbocycles. The van der Waals surface area contributed by atoms with Crippen molar-refractivity contribution in [1.29, 1.82) is 0 Å². The number of aliphatic imine (C=N–C) groups is 1. The van der Waals surface area contributed by atoms with Crippen molar-refractivity contribution >= 4 is 11.9 Å². The smallest absolute Gasteiger partial charge is 0.253 e. The standard InChI is InChI=1S/C12H14FN3O2/c1-18-7-6-14-12-15-10(11(17)16-12)8-2-4-9(13)5-3-8/h2-5,10H,6-7H2,1H3,(H2,14,15,16,17). The van der Waals surface area contributed by atoms with Crippen LogP contribution < -0.4 is 10.6 Å². The Morgan fingerprint density at radius 3 is 2.78 bits per heavy atom. The van der Waals surface area contributed by atoms with Crippen LogP contribution in [0.5, 0.6) is 0 Å². The van der Waals surface area contributed by atoms with Gasteiger partial charge in [-0.1, -0.05) is 12.1 Å². The largest absolute Gasteiger partial charge is 0.383 e. The number of benzene rings is 1. The fourth-order valence-electron chi connectivity index (χ4n) is 1.65. The minimum Gasteiger partial charge on any atom is -0.383 e. The average molecular weight is 251 g/mol. The second-order valence-electron chi connectivity index (χ2n) is 3.84. The SMILES string of the molecule is COCCN=C1NC(=O)C(c2ccc(F)cc2)N1. The van der Waals surface area contributed by atoms with Gasteiger partial charge < -0.3 is 10.1 Å². The molecule has 5 nitrogen and oxygen atoms in total. The Kier molecular flexibility index (Phi) is 3.88. The molecule has 0 bridgehead atoms. The van der Waals surface area contributed by atoms with E-state index >= 15 is 0 Å². The van der Waals surface area contributed by atoms with E-state index in [0.717, 1.165) is 0 Å². The molecule has 0 saturated carbocycles. The monoisotopic (exact) mass is 251 g/mol. The van der Waals surface area contributed by atoms with Gasteiger partial charge in [-0.25, -0.2) is 4.39 Å². The summed E-state index contributed by atoms with van der Waals surface area (Å²) in [4.78, 5) is 15.9. The first-order valence-corrected chi connectivity index (χ1v) is 5.57. The number of nitrogens with zero attached hydrogens (tertiary/aromatic N) is 1. The lowest BCUT2D eigenvalue weighted by molar-refractivity contribution is -0.120. The Labute approximate surface area is 104 Å². The van der Waals surface area contributed by atoms with E-state index in [9.17, 15) is 9.18 Å². The molecule has 1 fully saturated rings. The van der Waals surface area contributed by atoms with Crippen molar-refractivity contribution in [3.63, 3.8) is 0 Å². The summed E-state index contributed by atoms with van der Waals surface area (Å²) in [7, 11) is 1.59. The van der Waals surface area contributed by atoms with Crippen molar-refractivity contribution in [3.8, 4) is 0 Å². The van der Waals surface area contributed by atoms with Gasteiger partial charge in [-0.05, 0) is 17.7 Å². The number of amides is 1. The van der Waals surface area contributed by atoms with Crippen LogP contribution in [-0.2, 0) is 9.53 Å². The maximum atomic E-state index is 12.8. The first-order chi connectivity index (χ1) is 8.70. The molecule has 1 atom stereocenters. The van der Waals surface area contributed by atoms with Gasteiger partial charge in [0.25, 0.3) is 5.91 Å². The molecule has 0 spiro atoms. The van der Waals surface area contributed by atoms with E-state index < -0.39 is 6.04 Å². The quantitative estimate of drug-likeness (QED) is 0.770. The number of nitrogens with one attached hydrogen (secondary N) is 2. The second kappa shape index (κ2) is 5.59. The number of guanidine groups is 1. The Morgan fingerprint density at radius 2 is 2.11 bits per heavy atom. The van der Waals surface area contributed by atoms with Crippen molar-refractivity contribution in [2.24, 2.45) is 4.99 Å². The number of ether oxygens (including phenoxy) is 1. The van der Waals surface area contributed by atoms with Crippen LogP contribution in [-0.4, -0.2) is 32.1 Å². The van der Waals surface area contributed by atoms with E-state index in [-0.39, 0.29) is 11.7 Å². The Bertz CT molecular complexity index is 459. The molecule has 2 rings (SSSR count). The Balaban J connectivity index is 2.05. The molecule has 0 radical (unpaired) electrons. The highest BCUT2D eigenvalue weighted by atomic mass is 19.1. The lowest BCUT2D eigenvalue weighted by Crippen LogP contribution is -2.26. The predicted octanol–water partition coefficient (Wildman–Crippen LogP) is 0.589. The zero-order chi connectivity index (χ0) is 13.0. The molecule has 1 amide bonds. The van der Waals surface area contributed by atoms with Crippen molar-refractivity contribution in [1.82, 2.24) is 10.6 Å². The fraction of sp³-hybridized carbons (Fsp3) is 0.333. The van der Waals surface area contributed by atoms with Crippen molar-refractivity contribution in [2.45, 2.75) is 6.04 Å². The summed E-state index contributed by atoms with van der Waals surface area (Å²) in [5, 5.41) is 5.57. The highest BCUT2D eigenvalue weighted by Crippen LogP contribution is 2.16. The number of carbonyl (C=O) groups is 1. The van der Waals surface area contributed by atoms with Crippen LogP contribution in [0.4, 0.5) is 4.39 Å². The van der Waals surface area contributed by atoms with E-state index in [1.165, 1.54) is 12.1 Å². The van der Waals surface area contributed by atoms with Crippen molar-refractivity contribution in [3.05, 3.63) is 35.6 Å². The minimum atomic E-state index is -0.521. The third-order valence-electron chi connectivity index (χ3n) is 2.55. The summed E-state index contributed by atoms with van der Waals surface area (Å²) < 4.78 is 17.7. The normalized spacial score (nSPS) is 20.9. The van der Waals surface area contributed by atoms with Crippen LogP contribution in [0.1, 0.15) is 11.6 Å². The van der Waals surface area contributed by atoms with E-state index in [1.807, 2.05) is 0 Å². The molecular formula is C12H14FN3O2. The summed E-state index contributed by atoms with van der Waals surface area (Å²) in [5.41, 5.74) is 0.700. The highest BCUT2D eigenvalue weighted by Gasteiger charge is 2.29. The minimum absolute atomic E-state index is 0.197. The van der Waals surface area contributed by atoms with Gasteiger partial charge in [0.15, 0.2) is 5.96 Å². The number of hydrogen-bond acceptors (Lipinski definition) is 3. The third kappa shape index (κ3) is 2.84. The molecule has 2 N–H and O–H groups in total. The molecule has 1 heterocycles. The topological polar surface area (TPSA) is 62.7 Å². The van der Waals surface area contributed by atoms with Crippen LogP contribution in [0, 0.1) is 5.82 Å². The molecular weight excluding hydrogens is 237 g/mol. The average Bonchev–Trinajstić information content (AvgIpc) is 2.72. The zero-order valence-corrected chi connectivity index (χ0v) is 9.94. The van der Waals surface area contributed by atoms with Gasteiger partial charge >= 0.3 is 0 Å². The van der Waals surface area contributed by atoms with Crippen LogP contribution >= 0.6 is 0 Å². The summed E-state index contributed by atoms with van der Waals surface area (Å²) >= 11 is 0. The van der Waals surface area contributed by atoms with Gasteiger partial charge in [-0.2, -0.15) is 0 Å². The summed E-state index contributed by atoms with van der Waals surface area (Å²) in [6.07, 6.45) is 0. The molecule has 0 aliphatic carbocycles. The second-order valence-corrected chi connectivity index (χ2v) is 3.84. The lowest BCUT2D eigenvalue weighted by atomic mass is 10.1. The number of rotatable bonds is 4. The molecule has 18 heavy (non-hydrogen) atoms. The molecule has 0 aromatic heterocycles. The van der Waals surface area contributed by atoms with Crippen molar-refractivity contribution in [2.75, 3.05) is 20.3 Å². The lowest BCUT2D eigenvalue weighted by Gasteiger charge is -2.07. The highest BCUT2D eigenvalue weighted by molar-refractivity contribution is 6.06. The molecule has 96 valence electrons. The van der Waals surface area contributed by atoms with Crippen LogP contribution in [0.25, 0.3) is 0 Å². The molecule has 1 saturated heterocycles. The summed E-state index contributed by atoms with van der Waals surface area (Å²) in [6.45, 7) is 0.956. The van der Waals surface area contributed by atoms with Gasteiger partial charge in [0.2, 0.25) is 0 Å². The maximum absolute atomic E-state index is 12.8. The van der Waals surface area contributed by atoms with Crippen LogP contribution in [0.15, 0.2) is 29.3 Å². The summed E-state index contributed by atoms with van der Waals surface area (Å²) in [5.74, 6) is -0.102. The van der Waals surface area contributed by atoms with Crippen LogP contribution in [0.3, 0.4) is 0 Å². The number of methoxy groups -OCH3 is 1. The Hall–Kier alpha value is -1.95. The first kappa shape index (κ1) is 12.5. The van der Waals surface area contributed by atoms with Crippen molar-refractivity contribution < 1.29 is 13.9 Å². The van der Waals surface area contributed by atoms with E-state index in [0.29, 0.717) is 24.7 Å². The van der Waals surface area contributed by atoms with Gasteiger partial charge in [0.1, 0.15) is 11.9 Å². The van der Waals surface area contributed by atoms with Gasteiger partial charge in [-0.3, -0.25) is 15.1 Å². The number of hydrogen-bond donors (Lipinski definition) is 2. The van der Waals surface area contributed by atoms with Crippen LogP contribution in [0.2, 0.25) is 0 Å². The van der Waals surface area contributed by atoms with E-state index in [2.05, 4.69) is 15.6 Å². The molecule has 6 heteroatoms. The first-order valence-electron chi connectivity index (χ1n) is 5.57. The third-order valence-corrected chi connectivity index (χ3v) is 2.55. The fourth-order valence-corrected chi connectivity index (χ4v) is 1.65. The number of carbonyl (C=O) groups excluding carboxylic acids is 1. The van der Waals surface area contributed by atoms with E-state index in [1.54, 1.807) is 19.2 Å². The Morgan fingerprint density at radius 1 is 1.39 bits per heavy atom. The van der Waals surface area contributed by atoms with E-state index in [4.69, 9.17) is 4.74 Å².